The third kappa shape index (κ3) is 1.35. The van der Waals surface area contributed by atoms with Crippen molar-refractivity contribution in [2.24, 2.45) is 5.92 Å². The molecule has 2 unspecified atom stereocenters. The molecule has 1 saturated carbocycles. The number of hydrogen-bond acceptors (Lipinski definition) is 3. The molecule has 0 radical (unpaired) electrons. The number of carbonyl (C=O) groups excluding carboxylic acids is 1. The van der Waals surface area contributed by atoms with Crippen LogP contribution in [0.3, 0.4) is 0 Å². The van der Waals surface area contributed by atoms with Gasteiger partial charge in [-0.2, -0.15) is 0 Å². The van der Waals surface area contributed by atoms with Crippen LogP contribution < -0.4 is 5.32 Å². The van der Waals surface area contributed by atoms with Crippen LogP contribution in [0.1, 0.15) is 33.1 Å². The predicted molar refractivity (Wildman–Crippen MR) is 60.2 cm³/mol. The van der Waals surface area contributed by atoms with E-state index in [9.17, 15) is 4.79 Å². The zero-order valence-electron chi connectivity index (χ0n) is 9.98. The number of nitrogens with zero attached hydrogens (tertiary/aromatic N) is 1. The summed E-state index contributed by atoms with van der Waals surface area (Å²) in [4.78, 5) is 13.8. The molecule has 5 atom stereocenters. The summed E-state index contributed by atoms with van der Waals surface area (Å²) >= 11 is 0. The van der Waals surface area contributed by atoms with Gasteiger partial charge in [0.1, 0.15) is 6.10 Å². The number of piperidine rings is 1. The Bertz CT molecular complexity index is 307. The second-order valence-electron chi connectivity index (χ2n) is 5.43. The number of amides is 1. The summed E-state index contributed by atoms with van der Waals surface area (Å²) in [5, 5.41) is 2.99. The number of nitrogens with one attached hydrogen (secondary N) is 1. The molecule has 1 amide bonds. The lowest BCUT2D eigenvalue weighted by Gasteiger charge is -2.39. The maximum absolute atomic E-state index is 11.3. The molecule has 3 rings (SSSR count). The molecule has 2 heterocycles. The molecule has 0 aromatic rings. The molecule has 1 N–H and O–H groups in total. The lowest BCUT2D eigenvalue weighted by atomic mass is 10.0. The van der Waals surface area contributed by atoms with Gasteiger partial charge in [0.15, 0.2) is 0 Å². The summed E-state index contributed by atoms with van der Waals surface area (Å²) in [5.74, 6) is 0.612. The Balaban J connectivity index is 1.76. The van der Waals surface area contributed by atoms with Gasteiger partial charge in [-0.1, -0.05) is 13.3 Å². The maximum Gasteiger partial charge on any atom is 0.407 e. The van der Waals surface area contributed by atoms with Crippen LogP contribution in [0.25, 0.3) is 0 Å². The monoisotopic (exact) mass is 224 g/mol. The van der Waals surface area contributed by atoms with Gasteiger partial charge in [0, 0.05) is 12.6 Å². The lowest BCUT2D eigenvalue weighted by molar-refractivity contribution is 0.000243. The molecule has 4 bridgehead atoms. The third-order valence-electron chi connectivity index (χ3n) is 4.44. The normalized spacial score (nSPS) is 43.0. The summed E-state index contributed by atoms with van der Waals surface area (Å²) in [7, 11) is 0. The standard InChI is InChI=1S/C12H20N2O2/c1-3-4-7(2)14-6-8-5-9-11(14)10(8)13-12(15)16-9/h7-11H,3-6H2,1-2H3,(H,13,15)/t7?,8-,9?,10-,11-/m1/s1. The van der Waals surface area contributed by atoms with E-state index in [1.165, 1.54) is 12.8 Å². The fourth-order valence-electron chi connectivity index (χ4n) is 3.78. The minimum Gasteiger partial charge on any atom is -0.444 e. The largest absolute Gasteiger partial charge is 0.444 e. The van der Waals surface area contributed by atoms with Crippen LogP contribution in [0.2, 0.25) is 0 Å². The van der Waals surface area contributed by atoms with Crippen LogP contribution in [0, 0.1) is 5.92 Å². The average molecular weight is 224 g/mol. The van der Waals surface area contributed by atoms with E-state index in [1.807, 2.05) is 0 Å². The highest BCUT2D eigenvalue weighted by Crippen LogP contribution is 2.43. The van der Waals surface area contributed by atoms with Crippen molar-refractivity contribution in [2.45, 2.75) is 57.3 Å². The van der Waals surface area contributed by atoms with Crippen LogP contribution in [0.4, 0.5) is 4.79 Å². The van der Waals surface area contributed by atoms with Gasteiger partial charge in [-0.15, -0.1) is 0 Å². The number of ether oxygens (including phenoxy) is 1. The van der Waals surface area contributed by atoms with Gasteiger partial charge >= 0.3 is 6.09 Å². The summed E-state index contributed by atoms with van der Waals surface area (Å²) in [6.45, 7) is 5.66. The Morgan fingerprint density at radius 2 is 2.44 bits per heavy atom. The number of alkyl carbamates (subject to hydrolysis) is 1. The van der Waals surface area contributed by atoms with E-state index in [0.29, 0.717) is 24.0 Å². The Morgan fingerprint density at radius 1 is 1.62 bits per heavy atom. The highest BCUT2D eigenvalue weighted by Gasteiger charge is 2.58. The first kappa shape index (κ1) is 10.4. The quantitative estimate of drug-likeness (QED) is 0.787. The Labute approximate surface area is 96.3 Å². The van der Waals surface area contributed by atoms with Gasteiger partial charge < -0.3 is 10.1 Å². The van der Waals surface area contributed by atoms with E-state index in [2.05, 4.69) is 24.1 Å². The van der Waals surface area contributed by atoms with Gasteiger partial charge in [0.25, 0.3) is 0 Å². The van der Waals surface area contributed by atoms with E-state index < -0.39 is 0 Å². The molecule has 4 heteroatoms. The zero-order chi connectivity index (χ0) is 11.3. The molecule has 2 saturated heterocycles. The molecule has 2 aliphatic heterocycles. The topological polar surface area (TPSA) is 41.6 Å². The Morgan fingerprint density at radius 3 is 3.12 bits per heavy atom. The average Bonchev–Trinajstić information content (AvgIpc) is 2.68. The van der Waals surface area contributed by atoms with E-state index >= 15 is 0 Å². The number of hydrogen-bond donors (Lipinski definition) is 1. The molecule has 0 aromatic carbocycles. The van der Waals surface area contributed by atoms with E-state index in [1.54, 1.807) is 0 Å². The molecule has 3 fully saturated rings. The molecule has 3 aliphatic rings. The SMILES string of the molecule is CCCC(C)N1C[C@H]2CC3OC(=O)N[C@H]2[C@@H]31. The van der Waals surface area contributed by atoms with Crippen LogP contribution >= 0.6 is 0 Å². The predicted octanol–water partition coefficient (Wildman–Crippen LogP) is 1.36. The van der Waals surface area contributed by atoms with E-state index in [4.69, 9.17) is 4.74 Å². The van der Waals surface area contributed by atoms with Gasteiger partial charge in [0.05, 0.1) is 12.1 Å². The smallest absolute Gasteiger partial charge is 0.407 e. The van der Waals surface area contributed by atoms with Crippen molar-refractivity contribution in [3.8, 4) is 0 Å². The van der Waals surface area contributed by atoms with Crippen molar-refractivity contribution in [2.75, 3.05) is 6.54 Å². The van der Waals surface area contributed by atoms with Crippen LogP contribution in [-0.2, 0) is 4.74 Å². The fraction of sp³-hybridized carbons (Fsp3) is 0.917. The van der Waals surface area contributed by atoms with Gasteiger partial charge in [0.2, 0.25) is 0 Å². The van der Waals surface area contributed by atoms with Crippen LogP contribution in [-0.4, -0.2) is 41.8 Å². The first-order chi connectivity index (χ1) is 7.70. The van der Waals surface area contributed by atoms with Gasteiger partial charge in [-0.3, -0.25) is 4.90 Å². The van der Waals surface area contributed by atoms with Gasteiger partial charge in [-0.25, -0.2) is 4.79 Å². The maximum atomic E-state index is 11.3. The molecule has 0 spiro atoms. The molecular weight excluding hydrogens is 204 g/mol. The zero-order valence-corrected chi connectivity index (χ0v) is 9.98. The Hall–Kier alpha value is -0.770. The summed E-state index contributed by atoms with van der Waals surface area (Å²) in [6, 6.07) is 1.40. The van der Waals surface area contributed by atoms with E-state index in [0.717, 1.165) is 13.0 Å². The number of likely N-dealkylation sites (tertiary alicyclic amines) is 1. The molecule has 16 heavy (non-hydrogen) atoms. The number of rotatable bonds is 3. The van der Waals surface area contributed by atoms with Crippen molar-refractivity contribution in [3.63, 3.8) is 0 Å². The first-order valence-electron chi connectivity index (χ1n) is 6.43. The van der Waals surface area contributed by atoms with Crippen molar-refractivity contribution >= 4 is 6.09 Å². The van der Waals surface area contributed by atoms with Crippen LogP contribution in [0.15, 0.2) is 0 Å². The molecule has 0 aromatic heterocycles. The number of carbonyl (C=O) groups is 1. The highest BCUT2D eigenvalue weighted by molar-refractivity contribution is 5.70. The fourth-order valence-corrected chi connectivity index (χ4v) is 3.78. The summed E-state index contributed by atoms with van der Waals surface area (Å²) in [6.07, 6.45) is 3.45. The molecule has 4 nitrogen and oxygen atoms in total. The minimum absolute atomic E-state index is 0.150. The van der Waals surface area contributed by atoms with Crippen molar-refractivity contribution in [1.29, 1.82) is 0 Å². The van der Waals surface area contributed by atoms with Crippen LogP contribution in [0.5, 0.6) is 0 Å². The van der Waals surface area contributed by atoms with Crippen molar-refractivity contribution in [3.05, 3.63) is 0 Å². The first-order valence-corrected chi connectivity index (χ1v) is 6.43. The van der Waals surface area contributed by atoms with Gasteiger partial charge in [-0.05, 0) is 25.7 Å². The molecular formula is C12H20N2O2. The molecule has 90 valence electrons. The Kier molecular flexibility index (Phi) is 2.35. The third-order valence-corrected chi connectivity index (χ3v) is 4.44. The summed E-state index contributed by atoms with van der Waals surface area (Å²) in [5.41, 5.74) is 0. The highest BCUT2D eigenvalue weighted by atomic mass is 16.6. The minimum atomic E-state index is -0.209. The molecule has 1 aliphatic carbocycles. The van der Waals surface area contributed by atoms with Crippen molar-refractivity contribution in [1.82, 2.24) is 10.2 Å². The van der Waals surface area contributed by atoms with Crippen molar-refractivity contribution < 1.29 is 9.53 Å². The van der Waals surface area contributed by atoms with E-state index in [-0.39, 0.29) is 12.2 Å². The second-order valence-corrected chi connectivity index (χ2v) is 5.43. The second kappa shape index (κ2) is 3.62. The lowest BCUT2D eigenvalue weighted by Crippen LogP contribution is -2.56. The summed E-state index contributed by atoms with van der Waals surface area (Å²) < 4.78 is 5.38.